The van der Waals surface area contributed by atoms with Crippen LogP contribution in [0.3, 0.4) is 0 Å². The Morgan fingerprint density at radius 1 is 1.50 bits per heavy atom. The SMILES string of the molecule is CC1CC(NCC2CCCS2)CN1C. The Balaban J connectivity index is 1.66. The van der Waals surface area contributed by atoms with Gasteiger partial charge in [-0.3, -0.25) is 0 Å². The summed E-state index contributed by atoms with van der Waals surface area (Å²) in [5, 5.41) is 4.62. The molecule has 3 atom stereocenters. The van der Waals surface area contributed by atoms with Gasteiger partial charge in [0.1, 0.15) is 0 Å². The molecule has 2 aliphatic rings. The molecule has 0 amide bonds. The third-order valence-corrected chi connectivity index (χ3v) is 4.94. The highest BCUT2D eigenvalue weighted by Gasteiger charge is 2.26. The number of nitrogens with zero attached hydrogens (tertiary/aromatic N) is 1. The van der Waals surface area contributed by atoms with Gasteiger partial charge in [-0.1, -0.05) is 0 Å². The summed E-state index contributed by atoms with van der Waals surface area (Å²) < 4.78 is 0. The van der Waals surface area contributed by atoms with E-state index in [0.717, 1.165) is 17.3 Å². The van der Waals surface area contributed by atoms with E-state index in [1.54, 1.807) is 0 Å². The number of likely N-dealkylation sites (N-methyl/N-ethyl adjacent to an activating group) is 1. The van der Waals surface area contributed by atoms with Crippen LogP contribution in [0.1, 0.15) is 26.2 Å². The zero-order valence-corrected chi connectivity index (χ0v) is 10.1. The van der Waals surface area contributed by atoms with Gasteiger partial charge in [-0.25, -0.2) is 0 Å². The third-order valence-electron chi connectivity index (χ3n) is 3.54. The molecule has 0 saturated carbocycles. The van der Waals surface area contributed by atoms with E-state index in [1.807, 2.05) is 0 Å². The van der Waals surface area contributed by atoms with E-state index in [4.69, 9.17) is 0 Å². The van der Waals surface area contributed by atoms with Crippen molar-refractivity contribution in [3.63, 3.8) is 0 Å². The standard InChI is InChI=1S/C11H22N2S/c1-9-6-10(8-13(9)2)12-7-11-4-3-5-14-11/h9-12H,3-8H2,1-2H3. The summed E-state index contributed by atoms with van der Waals surface area (Å²) in [7, 11) is 2.23. The maximum atomic E-state index is 3.72. The summed E-state index contributed by atoms with van der Waals surface area (Å²) in [4.78, 5) is 2.46. The molecule has 2 aliphatic heterocycles. The van der Waals surface area contributed by atoms with Crippen molar-refractivity contribution in [2.45, 2.75) is 43.5 Å². The van der Waals surface area contributed by atoms with E-state index in [9.17, 15) is 0 Å². The Hall–Kier alpha value is 0.270. The smallest absolute Gasteiger partial charge is 0.0210 e. The second-order valence-corrected chi connectivity index (χ2v) is 6.17. The first kappa shape index (κ1) is 10.8. The van der Waals surface area contributed by atoms with Gasteiger partial charge in [-0.2, -0.15) is 11.8 Å². The van der Waals surface area contributed by atoms with Crippen LogP contribution in [0.15, 0.2) is 0 Å². The Morgan fingerprint density at radius 2 is 2.36 bits per heavy atom. The summed E-state index contributed by atoms with van der Waals surface area (Å²) in [5.74, 6) is 1.38. The van der Waals surface area contributed by atoms with Gasteiger partial charge in [-0.15, -0.1) is 0 Å². The normalized spacial score (nSPS) is 39.4. The van der Waals surface area contributed by atoms with Crippen LogP contribution in [0.4, 0.5) is 0 Å². The first-order chi connectivity index (χ1) is 6.75. The lowest BCUT2D eigenvalue weighted by atomic mass is 10.2. The van der Waals surface area contributed by atoms with Gasteiger partial charge in [0.2, 0.25) is 0 Å². The molecule has 0 spiro atoms. The molecule has 0 bridgehead atoms. The van der Waals surface area contributed by atoms with E-state index in [0.29, 0.717) is 0 Å². The molecular weight excluding hydrogens is 192 g/mol. The van der Waals surface area contributed by atoms with Crippen molar-refractivity contribution in [1.82, 2.24) is 10.2 Å². The van der Waals surface area contributed by atoms with Crippen LogP contribution in [-0.2, 0) is 0 Å². The molecule has 3 unspecified atom stereocenters. The topological polar surface area (TPSA) is 15.3 Å². The van der Waals surface area contributed by atoms with Crippen LogP contribution in [0, 0.1) is 0 Å². The van der Waals surface area contributed by atoms with Crippen LogP contribution in [0.5, 0.6) is 0 Å². The van der Waals surface area contributed by atoms with Crippen LogP contribution < -0.4 is 5.32 Å². The molecule has 0 aliphatic carbocycles. The van der Waals surface area contributed by atoms with Crippen molar-refractivity contribution in [2.24, 2.45) is 0 Å². The van der Waals surface area contributed by atoms with Crippen molar-refractivity contribution >= 4 is 11.8 Å². The molecule has 2 nitrogen and oxygen atoms in total. The van der Waals surface area contributed by atoms with Gasteiger partial charge < -0.3 is 10.2 Å². The van der Waals surface area contributed by atoms with Gasteiger partial charge >= 0.3 is 0 Å². The van der Waals surface area contributed by atoms with Crippen LogP contribution in [0.25, 0.3) is 0 Å². The number of hydrogen-bond donors (Lipinski definition) is 1. The van der Waals surface area contributed by atoms with Crippen molar-refractivity contribution in [3.05, 3.63) is 0 Å². The van der Waals surface area contributed by atoms with Gasteiger partial charge in [0.15, 0.2) is 0 Å². The Morgan fingerprint density at radius 3 is 2.93 bits per heavy atom. The zero-order chi connectivity index (χ0) is 9.97. The van der Waals surface area contributed by atoms with Gasteiger partial charge in [-0.05, 0) is 39.0 Å². The van der Waals surface area contributed by atoms with Crippen LogP contribution in [0.2, 0.25) is 0 Å². The van der Waals surface area contributed by atoms with E-state index < -0.39 is 0 Å². The highest BCUT2D eigenvalue weighted by Crippen LogP contribution is 2.25. The second-order valence-electron chi connectivity index (χ2n) is 4.76. The number of rotatable bonds is 3. The van der Waals surface area contributed by atoms with Crippen LogP contribution >= 0.6 is 11.8 Å². The minimum atomic E-state index is 0.746. The van der Waals surface area contributed by atoms with Crippen LogP contribution in [-0.4, -0.2) is 48.1 Å². The fraction of sp³-hybridized carbons (Fsp3) is 1.00. The lowest BCUT2D eigenvalue weighted by Crippen LogP contribution is -2.35. The molecule has 82 valence electrons. The second kappa shape index (κ2) is 4.86. The van der Waals surface area contributed by atoms with Crippen molar-refractivity contribution in [1.29, 1.82) is 0 Å². The highest BCUT2D eigenvalue weighted by atomic mass is 32.2. The van der Waals surface area contributed by atoms with E-state index in [2.05, 4.69) is 35.9 Å². The van der Waals surface area contributed by atoms with Gasteiger partial charge in [0, 0.05) is 30.4 Å². The average Bonchev–Trinajstić information content (AvgIpc) is 2.74. The molecule has 14 heavy (non-hydrogen) atoms. The Labute approximate surface area is 91.8 Å². The monoisotopic (exact) mass is 214 g/mol. The lowest BCUT2D eigenvalue weighted by Gasteiger charge is -2.15. The van der Waals surface area contributed by atoms with Crippen molar-refractivity contribution in [3.8, 4) is 0 Å². The summed E-state index contributed by atoms with van der Waals surface area (Å²) >= 11 is 2.15. The zero-order valence-electron chi connectivity index (χ0n) is 9.33. The largest absolute Gasteiger partial charge is 0.312 e. The number of thioether (sulfide) groups is 1. The highest BCUT2D eigenvalue weighted by molar-refractivity contribution is 8.00. The number of hydrogen-bond acceptors (Lipinski definition) is 3. The van der Waals surface area contributed by atoms with Gasteiger partial charge in [0.05, 0.1) is 0 Å². The molecular formula is C11H22N2S. The van der Waals surface area contributed by atoms with Gasteiger partial charge in [0.25, 0.3) is 0 Å². The molecule has 0 aromatic carbocycles. The number of likely N-dealkylation sites (tertiary alicyclic amines) is 1. The summed E-state index contributed by atoms with van der Waals surface area (Å²) in [6.45, 7) is 4.79. The van der Waals surface area contributed by atoms with Crippen molar-refractivity contribution < 1.29 is 0 Å². The summed E-state index contributed by atoms with van der Waals surface area (Å²) in [6, 6.07) is 1.51. The maximum Gasteiger partial charge on any atom is 0.0210 e. The molecule has 2 rings (SSSR count). The minimum absolute atomic E-state index is 0.746. The maximum absolute atomic E-state index is 3.72. The molecule has 0 aromatic rings. The molecule has 2 saturated heterocycles. The third kappa shape index (κ3) is 2.65. The predicted octanol–water partition coefficient (Wildman–Crippen LogP) is 1.56. The molecule has 0 radical (unpaired) electrons. The molecule has 1 N–H and O–H groups in total. The quantitative estimate of drug-likeness (QED) is 0.767. The Kier molecular flexibility index (Phi) is 3.74. The first-order valence-electron chi connectivity index (χ1n) is 5.81. The molecule has 2 fully saturated rings. The first-order valence-corrected chi connectivity index (χ1v) is 6.86. The molecule has 2 heterocycles. The van der Waals surface area contributed by atoms with E-state index >= 15 is 0 Å². The number of nitrogens with one attached hydrogen (secondary N) is 1. The molecule has 3 heteroatoms. The molecule has 0 aromatic heterocycles. The van der Waals surface area contributed by atoms with E-state index in [-0.39, 0.29) is 0 Å². The summed E-state index contributed by atoms with van der Waals surface area (Å²) in [5.41, 5.74) is 0. The van der Waals surface area contributed by atoms with E-state index in [1.165, 1.54) is 38.1 Å². The lowest BCUT2D eigenvalue weighted by molar-refractivity contribution is 0.326. The summed E-state index contributed by atoms with van der Waals surface area (Å²) in [6.07, 6.45) is 4.18. The average molecular weight is 214 g/mol. The van der Waals surface area contributed by atoms with Crippen molar-refractivity contribution in [2.75, 3.05) is 25.9 Å². The minimum Gasteiger partial charge on any atom is -0.312 e. The fourth-order valence-electron chi connectivity index (χ4n) is 2.45. The fourth-order valence-corrected chi connectivity index (χ4v) is 3.66. The predicted molar refractivity (Wildman–Crippen MR) is 64.0 cm³/mol. The Bertz CT molecular complexity index is 170.